The molecule has 1 saturated heterocycles. The maximum absolute atomic E-state index is 12.6. The molecule has 0 aliphatic carbocycles. The molecule has 6 N–H and O–H groups in total. The zero-order valence-electron chi connectivity index (χ0n) is 31.0. The van der Waals surface area contributed by atoms with Gasteiger partial charge < -0.3 is 50.4 Å². The van der Waals surface area contributed by atoms with Gasteiger partial charge in [0, 0.05) is 36.0 Å². The standard InChI is InChI=1S/C20H30N2O5.C17H26N2O5/c1-14(22-18(24)25-12-15-9-7-6-8-10-15)11-21-17(23)16-19(2,3)13-26-20(4,5)27-16;1-12(9-18-15(22)14(21)17(2,3)11-20)19-16(23)24-10-13-7-5-4-6-8-13/h6-10,14,16H,11-13H2,1-5H3,(H,21,23)(H,22,24);4-8,12,14,20-21H,9-11H2,1-3H3,(H,18,22)(H,19,23)/t14-,16+;12-,14+/m11/s1. The first-order valence-electron chi connectivity index (χ1n) is 17.0. The van der Waals surface area contributed by atoms with Gasteiger partial charge in [0.15, 0.2) is 5.79 Å². The van der Waals surface area contributed by atoms with E-state index in [9.17, 15) is 24.3 Å². The normalized spacial score (nSPS) is 18.0. The Bertz CT molecular complexity index is 1390. The van der Waals surface area contributed by atoms with E-state index in [1.54, 1.807) is 41.5 Å². The van der Waals surface area contributed by atoms with E-state index in [1.807, 2.05) is 74.5 Å². The summed E-state index contributed by atoms with van der Waals surface area (Å²) in [6, 6.07) is 18.1. The molecule has 1 fully saturated rings. The summed E-state index contributed by atoms with van der Waals surface area (Å²) in [4.78, 5) is 48.0. The highest BCUT2D eigenvalue weighted by molar-refractivity contribution is 5.82. The number of aliphatic hydroxyl groups excluding tert-OH is 2. The monoisotopic (exact) mass is 716 g/mol. The van der Waals surface area contributed by atoms with Gasteiger partial charge in [0.1, 0.15) is 25.4 Å². The van der Waals surface area contributed by atoms with E-state index >= 15 is 0 Å². The van der Waals surface area contributed by atoms with Gasteiger partial charge in [-0.2, -0.15) is 0 Å². The third-order valence-corrected chi connectivity index (χ3v) is 7.86. The van der Waals surface area contributed by atoms with E-state index in [0.29, 0.717) is 6.61 Å². The Morgan fingerprint density at radius 2 is 1.27 bits per heavy atom. The number of rotatable bonds is 14. The van der Waals surface area contributed by atoms with E-state index in [0.717, 1.165) is 11.1 Å². The van der Waals surface area contributed by atoms with E-state index < -0.39 is 46.9 Å². The molecule has 2 aromatic rings. The number of carbonyl (C=O) groups excluding carboxylic acids is 4. The van der Waals surface area contributed by atoms with Gasteiger partial charge in [0.2, 0.25) is 11.8 Å². The van der Waals surface area contributed by atoms with Crippen molar-refractivity contribution in [3.8, 4) is 0 Å². The molecule has 1 aliphatic rings. The maximum Gasteiger partial charge on any atom is 0.407 e. The molecule has 51 heavy (non-hydrogen) atoms. The first-order valence-corrected chi connectivity index (χ1v) is 17.0. The average Bonchev–Trinajstić information content (AvgIpc) is 3.09. The van der Waals surface area contributed by atoms with Crippen LogP contribution in [0.5, 0.6) is 0 Å². The van der Waals surface area contributed by atoms with Gasteiger partial charge in [0.05, 0.1) is 13.2 Å². The van der Waals surface area contributed by atoms with Crippen molar-refractivity contribution in [3.05, 3.63) is 71.8 Å². The second-order valence-corrected chi connectivity index (χ2v) is 14.4. The third kappa shape index (κ3) is 15.7. The van der Waals surface area contributed by atoms with Gasteiger partial charge in [-0.25, -0.2) is 9.59 Å². The van der Waals surface area contributed by atoms with Crippen LogP contribution in [0.25, 0.3) is 0 Å². The fourth-order valence-corrected chi connectivity index (χ4v) is 4.49. The molecular formula is C37H56N4O10. The summed E-state index contributed by atoms with van der Waals surface area (Å²) in [5.41, 5.74) is 0.415. The predicted octanol–water partition coefficient (Wildman–Crippen LogP) is 3.39. The SMILES string of the molecule is C[C@H](CNC(=O)[C@@H]1OC(C)(C)OCC1(C)C)NC(=O)OCc1ccccc1.C[C@H](CNC(=O)[C@H](O)C(C)(C)CO)NC(=O)OCc1ccccc1. The molecule has 4 atom stereocenters. The number of aliphatic hydroxyl groups is 2. The molecular weight excluding hydrogens is 660 g/mol. The maximum atomic E-state index is 12.6. The zero-order chi connectivity index (χ0) is 38.2. The average molecular weight is 717 g/mol. The van der Waals surface area contributed by atoms with Gasteiger partial charge in [-0.1, -0.05) is 88.4 Å². The lowest BCUT2D eigenvalue weighted by Crippen LogP contribution is -2.57. The molecule has 0 spiro atoms. The van der Waals surface area contributed by atoms with Crippen LogP contribution in [0.2, 0.25) is 0 Å². The lowest BCUT2D eigenvalue weighted by atomic mass is 9.85. The van der Waals surface area contributed by atoms with E-state index in [1.165, 1.54) is 0 Å². The quantitative estimate of drug-likeness (QED) is 0.169. The largest absolute Gasteiger partial charge is 0.445 e. The van der Waals surface area contributed by atoms with Crippen LogP contribution in [-0.2, 0) is 41.8 Å². The van der Waals surface area contributed by atoms with Crippen molar-refractivity contribution in [1.82, 2.24) is 21.3 Å². The van der Waals surface area contributed by atoms with Crippen LogP contribution in [0.1, 0.15) is 66.5 Å². The molecule has 0 bridgehead atoms. The van der Waals surface area contributed by atoms with E-state index in [-0.39, 0.29) is 50.9 Å². The first-order chi connectivity index (χ1) is 23.8. The molecule has 0 aromatic heterocycles. The smallest absolute Gasteiger partial charge is 0.407 e. The Morgan fingerprint density at radius 1 is 0.824 bits per heavy atom. The highest BCUT2D eigenvalue weighted by atomic mass is 16.7. The van der Waals surface area contributed by atoms with Crippen molar-refractivity contribution in [2.45, 2.75) is 98.7 Å². The minimum absolute atomic E-state index is 0.137. The number of hydrogen-bond acceptors (Lipinski definition) is 10. The van der Waals surface area contributed by atoms with Crippen molar-refractivity contribution < 1.29 is 48.3 Å². The lowest BCUT2D eigenvalue weighted by molar-refractivity contribution is -0.304. The van der Waals surface area contributed by atoms with Gasteiger partial charge in [0.25, 0.3) is 0 Å². The lowest BCUT2D eigenvalue weighted by Gasteiger charge is -2.44. The Labute approximate surface area is 301 Å². The van der Waals surface area contributed by atoms with Gasteiger partial charge in [-0.05, 0) is 38.8 Å². The summed E-state index contributed by atoms with van der Waals surface area (Å²) in [6.45, 7) is 15.0. The zero-order valence-corrected chi connectivity index (χ0v) is 31.0. The van der Waals surface area contributed by atoms with Crippen LogP contribution in [-0.4, -0.2) is 90.6 Å². The third-order valence-electron chi connectivity index (χ3n) is 7.86. The van der Waals surface area contributed by atoms with Crippen molar-refractivity contribution in [2.24, 2.45) is 10.8 Å². The number of nitrogens with one attached hydrogen (secondary N) is 4. The van der Waals surface area contributed by atoms with Crippen LogP contribution < -0.4 is 21.3 Å². The number of benzene rings is 2. The Balaban J connectivity index is 0.000000356. The highest BCUT2D eigenvalue weighted by Crippen LogP contribution is 2.34. The number of carbonyl (C=O) groups is 4. The molecule has 1 heterocycles. The molecule has 14 nitrogen and oxygen atoms in total. The number of ether oxygens (including phenoxy) is 4. The summed E-state index contributed by atoms with van der Waals surface area (Å²) in [5, 5.41) is 29.7. The Kier molecular flexibility index (Phi) is 16.8. The topological polar surface area (TPSA) is 194 Å². The van der Waals surface area contributed by atoms with Gasteiger partial charge in [-0.3, -0.25) is 9.59 Å². The second-order valence-electron chi connectivity index (χ2n) is 14.4. The highest BCUT2D eigenvalue weighted by Gasteiger charge is 2.45. The number of alkyl carbamates (subject to hydrolysis) is 2. The van der Waals surface area contributed by atoms with Gasteiger partial charge >= 0.3 is 12.2 Å². The summed E-state index contributed by atoms with van der Waals surface area (Å²) in [7, 11) is 0. The summed E-state index contributed by atoms with van der Waals surface area (Å²) in [6.07, 6.45) is -3.07. The molecule has 0 unspecified atom stereocenters. The van der Waals surface area contributed by atoms with Crippen LogP contribution >= 0.6 is 0 Å². The minimum atomic E-state index is -1.33. The number of hydrogen-bond donors (Lipinski definition) is 6. The first kappa shape index (κ1) is 42.9. The summed E-state index contributed by atoms with van der Waals surface area (Å²) in [5.74, 6) is -1.62. The van der Waals surface area contributed by atoms with Crippen LogP contribution in [0.4, 0.5) is 9.59 Å². The molecule has 0 radical (unpaired) electrons. The van der Waals surface area contributed by atoms with Crippen LogP contribution in [0, 0.1) is 10.8 Å². The second kappa shape index (κ2) is 20.0. The summed E-state index contributed by atoms with van der Waals surface area (Å²) >= 11 is 0. The molecule has 2 aromatic carbocycles. The van der Waals surface area contributed by atoms with Crippen LogP contribution in [0.15, 0.2) is 60.7 Å². The number of amides is 4. The van der Waals surface area contributed by atoms with Crippen molar-refractivity contribution in [3.63, 3.8) is 0 Å². The summed E-state index contributed by atoms with van der Waals surface area (Å²) < 4.78 is 21.7. The molecule has 284 valence electrons. The Morgan fingerprint density at radius 3 is 1.73 bits per heavy atom. The molecule has 0 saturated carbocycles. The van der Waals surface area contributed by atoms with Crippen molar-refractivity contribution in [1.29, 1.82) is 0 Å². The predicted molar refractivity (Wildman–Crippen MR) is 190 cm³/mol. The molecule has 4 amide bonds. The fourth-order valence-electron chi connectivity index (χ4n) is 4.49. The molecule has 1 aliphatic heterocycles. The Hall–Kier alpha value is -4.24. The van der Waals surface area contributed by atoms with E-state index in [2.05, 4.69) is 21.3 Å². The minimum Gasteiger partial charge on any atom is -0.445 e. The van der Waals surface area contributed by atoms with Gasteiger partial charge in [-0.15, -0.1) is 0 Å². The van der Waals surface area contributed by atoms with Crippen molar-refractivity contribution >= 4 is 24.0 Å². The van der Waals surface area contributed by atoms with E-state index in [4.69, 9.17) is 24.1 Å². The molecule has 14 heteroatoms. The van der Waals surface area contributed by atoms with Crippen molar-refractivity contribution in [2.75, 3.05) is 26.3 Å². The fraction of sp³-hybridized carbons (Fsp3) is 0.568. The molecule has 3 rings (SSSR count). The van der Waals surface area contributed by atoms with Crippen LogP contribution in [0.3, 0.4) is 0 Å².